The van der Waals surface area contributed by atoms with Crippen LogP contribution in [0.3, 0.4) is 0 Å². The number of anilines is 1. The molecule has 0 saturated carbocycles. The Labute approximate surface area is 142 Å². The summed E-state index contributed by atoms with van der Waals surface area (Å²) in [6.07, 6.45) is 4.32. The van der Waals surface area contributed by atoms with Crippen LogP contribution in [-0.4, -0.2) is 52.4 Å². The maximum Gasteiger partial charge on any atom is 0.212 e. The highest BCUT2D eigenvalue weighted by Gasteiger charge is 2.39. The van der Waals surface area contributed by atoms with Gasteiger partial charge >= 0.3 is 0 Å². The molecule has 2 bridgehead atoms. The average molecular weight is 325 g/mol. The molecule has 3 saturated heterocycles. The molecule has 2 aromatic heterocycles. The standard InChI is InChI=1S/C18H23N5O/c1-12-18(13-7-9-23(12)10-8-13)20-16-5-4-15(21-22-16)14-3-6-17(24-2)19-11-14/h3-6,11-13,18H,7-10H2,1-2H3,(H,20,22)/t12-,18+/m1/s1. The second kappa shape index (κ2) is 6.36. The lowest BCUT2D eigenvalue weighted by Crippen LogP contribution is -2.59. The topological polar surface area (TPSA) is 63.2 Å². The maximum absolute atomic E-state index is 5.08. The van der Waals surface area contributed by atoms with E-state index in [4.69, 9.17) is 4.74 Å². The van der Waals surface area contributed by atoms with Gasteiger partial charge in [0.25, 0.3) is 0 Å². The van der Waals surface area contributed by atoms with E-state index < -0.39 is 0 Å². The van der Waals surface area contributed by atoms with Crippen molar-refractivity contribution in [3.63, 3.8) is 0 Å². The Morgan fingerprint density at radius 2 is 1.96 bits per heavy atom. The predicted molar refractivity (Wildman–Crippen MR) is 93.0 cm³/mol. The minimum Gasteiger partial charge on any atom is -0.481 e. The van der Waals surface area contributed by atoms with Crippen LogP contribution < -0.4 is 10.1 Å². The largest absolute Gasteiger partial charge is 0.481 e. The van der Waals surface area contributed by atoms with Crippen molar-refractivity contribution in [3.05, 3.63) is 30.5 Å². The molecule has 0 radical (unpaired) electrons. The molecule has 0 spiro atoms. The molecule has 2 aromatic rings. The predicted octanol–water partition coefficient (Wildman–Crippen LogP) is 2.44. The summed E-state index contributed by atoms with van der Waals surface area (Å²) in [5.74, 6) is 2.20. The van der Waals surface area contributed by atoms with Crippen molar-refractivity contribution in [2.45, 2.75) is 31.8 Å². The van der Waals surface area contributed by atoms with Crippen LogP contribution in [0.5, 0.6) is 5.88 Å². The summed E-state index contributed by atoms with van der Waals surface area (Å²) in [4.78, 5) is 6.79. The summed E-state index contributed by atoms with van der Waals surface area (Å²) < 4.78 is 5.08. The Morgan fingerprint density at radius 1 is 1.12 bits per heavy atom. The van der Waals surface area contributed by atoms with Gasteiger partial charge in [-0.05, 0) is 57.0 Å². The molecule has 0 amide bonds. The van der Waals surface area contributed by atoms with Gasteiger partial charge in [-0.2, -0.15) is 0 Å². The Kier molecular flexibility index (Phi) is 4.06. The van der Waals surface area contributed by atoms with Crippen molar-refractivity contribution in [1.82, 2.24) is 20.1 Å². The fourth-order valence-electron chi connectivity index (χ4n) is 3.93. The first-order chi connectivity index (χ1) is 11.7. The fraction of sp³-hybridized carbons (Fsp3) is 0.500. The van der Waals surface area contributed by atoms with Gasteiger partial charge < -0.3 is 10.1 Å². The van der Waals surface area contributed by atoms with E-state index >= 15 is 0 Å². The van der Waals surface area contributed by atoms with Crippen LogP contribution in [0.1, 0.15) is 19.8 Å². The number of ether oxygens (including phenoxy) is 1. The summed E-state index contributed by atoms with van der Waals surface area (Å²) in [5.41, 5.74) is 1.75. The molecule has 6 heteroatoms. The highest BCUT2D eigenvalue weighted by Crippen LogP contribution is 2.33. The number of fused-ring (bicyclic) bond motifs is 3. The first-order valence-corrected chi connectivity index (χ1v) is 8.59. The van der Waals surface area contributed by atoms with E-state index in [0.717, 1.165) is 23.0 Å². The summed E-state index contributed by atoms with van der Waals surface area (Å²) >= 11 is 0. The number of nitrogens with one attached hydrogen (secondary N) is 1. The monoisotopic (exact) mass is 325 g/mol. The van der Waals surface area contributed by atoms with Gasteiger partial charge in [-0.1, -0.05) is 0 Å². The molecular formula is C18H23N5O. The zero-order valence-corrected chi connectivity index (χ0v) is 14.1. The van der Waals surface area contributed by atoms with Gasteiger partial charge in [-0.3, -0.25) is 4.90 Å². The zero-order chi connectivity index (χ0) is 16.5. The van der Waals surface area contributed by atoms with Crippen molar-refractivity contribution in [3.8, 4) is 17.1 Å². The first kappa shape index (κ1) is 15.3. The highest BCUT2D eigenvalue weighted by molar-refractivity contribution is 5.58. The van der Waals surface area contributed by atoms with Gasteiger partial charge in [0.15, 0.2) is 0 Å². The summed E-state index contributed by atoms with van der Waals surface area (Å²) in [6, 6.07) is 8.80. The molecular weight excluding hydrogens is 302 g/mol. The third-order valence-electron chi connectivity index (χ3n) is 5.40. The average Bonchev–Trinajstić information content (AvgIpc) is 2.66. The Morgan fingerprint density at radius 3 is 2.54 bits per heavy atom. The van der Waals surface area contributed by atoms with Gasteiger partial charge in [0.2, 0.25) is 5.88 Å². The normalized spacial score (nSPS) is 28.6. The number of pyridine rings is 1. The second-order valence-corrected chi connectivity index (χ2v) is 6.68. The minimum atomic E-state index is 0.468. The van der Waals surface area contributed by atoms with E-state index in [1.807, 2.05) is 24.3 Å². The molecule has 5 rings (SSSR count). The molecule has 6 nitrogen and oxygen atoms in total. The van der Waals surface area contributed by atoms with Crippen molar-refractivity contribution in [1.29, 1.82) is 0 Å². The van der Waals surface area contributed by atoms with Gasteiger partial charge in [0.1, 0.15) is 5.82 Å². The Balaban J connectivity index is 1.47. The molecule has 24 heavy (non-hydrogen) atoms. The van der Waals surface area contributed by atoms with E-state index in [9.17, 15) is 0 Å². The van der Waals surface area contributed by atoms with E-state index in [0.29, 0.717) is 18.0 Å². The molecule has 0 aliphatic carbocycles. The quantitative estimate of drug-likeness (QED) is 0.931. The van der Waals surface area contributed by atoms with E-state index in [-0.39, 0.29) is 0 Å². The number of piperidine rings is 3. The molecule has 126 valence electrons. The Bertz CT molecular complexity index is 678. The molecule has 0 unspecified atom stereocenters. The summed E-state index contributed by atoms with van der Waals surface area (Å²) in [6.45, 7) is 4.78. The molecule has 2 atom stereocenters. The summed E-state index contributed by atoms with van der Waals surface area (Å²) in [7, 11) is 1.61. The van der Waals surface area contributed by atoms with Gasteiger partial charge in [-0.25, -0.2) is 4.98 Å². The van der Waals surface area contributed by atoms with Gasteiger partial charge in [-0.15, -0.1) is 10.2 Å². The van der Waals surface area contributed by atoms with Crippen LogP contribution >= 0.6 is 0 Å². The molecule has 0 aromatic carbocycles. The lowest BCUT2D eigenvalue weighted by atomic mass is 9.79. The number of rotatable bonds is 4. The number of aromatic nitrogens is 3. The SMILES string of the molecule is COc1ccc(-c2ccc(N[C@@H]3C4CCN(CC4)[C@@H]3C)nn2)cn1. The van der Waals surface area contributed by atoms with Crippen molar-refractivity contribution >= 4 is 5.82 Å². The molecule has 5 heterocycles. The fourth-order valence-corrected chi connectivity index (χ4v) is 3.93. The van der Waals surface area contributed by atoms with Crippen LogP contribution in [0.4, 0.5) is 5.82 Å². The summed E-state index contributed by atoms with van der Waals surface area (Å²) in [5, 5.41) is 12.3. The van der Waals surface area contributed by atoms with Crippen LogP contribution in [0.2, 0.25) is 0 Å². The molecule has 3 aliphatic heterocycles. The lowest BCUT2D eigenvalue weighted by Gasteiger charge is -2.50. The van der Waals surface area contributed by atoms with Crippen LogP contribution in [0.25, 0.3) is 11.3 Å². The number of hydrogen-bond donors (Lipinski definition) is 1. The van der Waals surface area contributed by atoms with Crippen LogP contribution in [-0.2, 0) is 0 Å². The van der Waals surface area contributed by atoms with E-state index in [1.165, 1.54) is 25.9 Å². The smallest absolute Gasteiger partial charge is 0.212 e. The van der Waals surface area contributed by atoms with Gasteiger partial charge in [0, 0.05) is 29.9 Å². The molecule has 3 fully saturated rings. The second-order valence-electron chi connectivity index (χ2n) is 6.68. The Hall–Kier alpha value is -2.21. The third-order valence-corrected chi connectivity index (χ3v) is 5.40. The van der Waals surface area contributed by atoms with Crippen molar-refractivity contribution in [2.75, 3.05) is 25.5 Å². The minimum absolute atomic E-state index is 0.468. The van der Waals surface area contributed by atoms with E-state index in [1.54, 1.807) is 13.3 Å². The van der Waals surface area contributed by atoms with E-state index in [2.05, 4.69) is 32.3 Å². The van der Waals surface area contributed by atoms with Crippen LogP contribution in [0.15, 0.2) is 30.5 Å². The van der Waals surface area contributed by atoms with Crippen molar-refractivity contribution < 1.29 is 4.74 Å². The molecule has 3 aliphatic rings. The van der Waals surface area contributed by atoms with Crippen molar-refractivity contribution in [2.24, 2.45) is 5.92 Å². The maximum atomic E-state index is 5.08. The lowest BCUT2D eigenvalue weighted by molar-refractivity contribution is 0.0457. The van der Waals surface area contributed by atoms with Crippen LogP contribution in [0, 0.1) is 5.92 Å². The number of methoxy groups -OCH3 is 1. The van der Waals surface area contributed by atoms with Gasteiger partial charge in [0.05, 0.1) is 12.8 Å². The third kappa shape index (κ3) is 2.82. The first-order valence-electron chi connectivity index (χ1n) is 8.59. The highest BCUT2D eigenvalue weighted by atomic mass is 16.5. The molecule has 1 N–H and O–H groups in total. The zero-order valence-electron chi connectivity index (χ0n) is 14.1. The number of hydrogen-bond acceptors (Lipinski definition) is 6. The number of nitrogens with zero attached hydrogens (tertiary/aromatic N) is 4.